The highest BCUT2D eigenvalue weighted by atomic mass is 35.5. The monoisotopic (exact) mass is 432 g/mol. The van der Waals surface area contributed by atoms with Gasteiger partial charge in [0.25, 0.3) is 5.91 Å². The quantitative estimate of drug-likeness (QED) is 0.574. The van der Waals surface area contributed by atoms with Crippen LogP contribution in [0.3, 0.4) is 0 Å². The first-order chi connectivity index (χ1) is 14.3. The summed E-state index contributed by atoms with van der Waals surface area (Å²) in [5, 5.41) is 1.01. The van der Waals surface area contributed by atoms with Gasteiger partial charge >= 0.3 is 5.97 Å². The summed E-state index contributed by atoms with van der Waals surface area (Å²) in [4.78, 5) is 37.4. The lowest BCUT2D eigenvalue weighted by Gasteiger charge is -2.22. The van der Waals surface area contributed by atoms with Gasteiger partial charge in [-0.1, -0.05) is 23.7 Å². The number of anilines is 1. The summed E-state index contributed by atoms with van der Waals surface area (Å²) in [5.74, 6) is -2.59. The molecular formula is C21H18ClFN2O5. The van der Waals surface area contributed by atoms with Crippen LogP contribution < -0.4 is 10.6 Å². The Kier molecular flexibility index (Phi) is 6.37. The van der Waals surface area contributed by atoms with Crippen LogP contribution in [0, 0.1) is 12.7 Å². The molecule has 7 nitrogen and oxygen atoms in total. The van der Waals surface area contributed by atoms with Gasteiger partial charge in [0.1, 0.15) is 5.82 Å². The number of nitrogens with two attached hydrogens (primary N) is 1. The Morgan fingerprint density at radius 2 is 1.87 bits per heavy atom. The van der Waals surface area contributed by atoms with Gasteiger partial charge in [0, 0.05) is 29.6 Å². The molecule has 0 bridgehead atoms. The van der Waals surface area contributed by atoms with Gasteiger partial charge in [0.05, 0.1) is 5.02 Å². The van der Waals surface area contributed by atoms with E-state index in [0.717, 1.165) is 0 Å². The van der Waals surface area contributed by atoms with Gasteiger partial charge in [0.2, 0.25) is 11.7 Å². The number of benzene rings is 2. The number of nitrogens with zero attached hydrogens (tertiary/aromatic N) is 1. The number of ether oxygens (including phenoxy) is 1. The van der Waals surface area contributed by atoms with Crippen LogP contribution in [0.4, 0.5) is 10.1 Å². The van der Waals surface area contributed by atoms with Gasteiger partial charge in [-0.25, -0.2) is 9.18 Å². The van der Waals surface area contributed by atoms with Crippen molar-refractivity contribution >= 4 is 46.0 Å². The molecule has 0 fully saturated rings. The van der Waals surface area contributed by atoms with E-state index in [1.165, 1.54) is 29.2 Å². The van der Waals surface area contributed by atoms with Crippen molar-refractivity contribution in [3.8, 4) is 0 Å². The predicted octanol–water partition coefficient (Wildman–Crippen LogP) is 3.60. The molecule has 156 valence electrons. The average Bonchev–Trinajstić information content (AvgIpc) is 3.05. The second-order valence-electron chi connectivity index (χ2n) is 6.49. The average molecular weight is 433 g/mol. The molecule has 0 spiro atoms. The van der Waals surface area contributed by atoms with E-state index < -0.39 is 30.2 Å². The summed E-state index contributed by atoms with van der Waals surface area (Å²) in [6.07, 6.45) is -0.113. The molecule has 1 heterocycles. The van der Waals surface area contributed by atoms with E-state index in [2.05, 4.69) is 0 Å². The van der Waals surface area contributed by atoms with Crippen LogP contribution in [0.2, 0.25) is 5.02 Å². The normalized spacial score (nSPS) is 10.8. The number of hydrogen-bond donors (Lipinski definition) is 1. The van der Waals surface area contributed by atoms with Crippen molar-refractivity contribution in [1.29, 1.82) is 0 Å². The third-order valence-corrected chi connectivity index (χ3v) is 4.75. The number of aryl methyl sites for hydroxylation is 1. The highest BCUT2D eigenvalue weighted by molar-refractivity contribution is 6.35. The molecule has 0 saturated heterocycles. The molecule has 3 aromatic rings. The van der Waals surface area contributed by atoms with Crippen molar-refractivity contribution in [1.82, 2.24) is 0 Å². The molecule has 0 aliphatic heterocycles. The second-order valence-corrected chi connectivity index (χ2v) is 6.89. The fourth-order valence-electron chi connectivity index (χ4n) is 2.92. The minimum Gasteiger partial charge on any atom is -0.450 e. The van der Waals surface area contributed by atoms with Crippen LogP contribution in [-0.2, 0) is 14.3 Å². The molecule has 0 aliphatic carbocycles. The van der Waals surface area contributed by atoms with Crippen LogP contribution in [0.15, 0.2) is 46.9 Å². The highest BCUT2D eigenvalue weighted by Gasteiger charge is 2.23. The Morgan fingerprint density at radius 1 is 1.17 bits per heavy atom. The van der Waals surface area contributed by atoms with E-state index in [-0.39, 0.29) is 18.7 Å². The van der Waals surface area contributed by atoms with Gasteiger partial charge < -0.3 is 19.8 Å². The number of esters is 1. The standard InChI is InChI=1S/C21H18ClFN2O5/c1-12-15-3-2-4-16(22)20(15)30-19(12)21(28)29-11-18(27)25(10-9-17(24)26)14-7-5-13(23)6-8-14/h2-8H,9-11H2,1H3,(H2,24,26). The molecule has 0 radical (unpaired) electrons. The smallest absolute Gasteiger partial charge is 0.375 e. The summed E-state index contributed by atoms with van der Waals surface area (Å²) >= 11 is 6.08. The number of carbonyl (C=O) groups is 3. The molecule has 0 unspecified atom stereocenters. The number of fused-ring (bicyclic) bond motifs is 1. The number of amides is 2. The second kappa shape index (κ2) is 8.96. The van der Waals surface area contributed by atoms with E-state index in [4.69, 9.17) is 26.5 Å². The van der Waals surface area contributed by atoms with Crippen LogP contribution in [0.1, 0.15) is 22.5 Å². The maximum Gasteiger partial charge on any atom is 0.375 e. The lowest BCUT2D eigenvalue weighted by molar-refractivity contribution is -0.122. The van der Waals surface area contributed by atoms with Gasteiger partial charge in [0.15, 0.2) is 12.2 Å². The van der Waals surface area contributed by atoms with Crippen molar-refractivity contribution in [2.75, 3.05) is 18.1 Å². The number of furan rings is 1. The molecule has 2 N–H and O–H groups in total. The first kappa shape index (κ1) is 21.3. The summed E-state index contributed by atoms with van der Waals surface area (Å²) < 4.78 is 23.8. The van der Waals surface area contributed by atoms with E-state index >= 15 is 0 Å². The highest BCUT2D eigenvalue weighted by Crippen LogP contribution is 2.31. The van der Waals surface area contributed by atoms with Crippen molar-refractivity contribution in [2.24, 2.45) is 5.73 Å². The lowest BCUT2D eigenvalue weighted by atomic mass is 10.1. The number of halogens is 2. The van der Waals surface area contributed by atoms with Crippen molar-refractivity contribution < 1.29 is 27.9 Å². The molecule has 30 heavy (non-hydrogen) atoms. The number of primary amides is 1. The number of hydrogen-bond acceptors (Lipinski definition) is 5. The van der Waals surface area contributed by atoms with Gasteiger partial charge in [-0.05, 0) is 37.3 Å². The third-order valence-electron chi connectivity index (χ3n) is 4.45. The molecule has 2 aromatic carbocycles. The Hall–Kier alpha value is -3.39. The molecule has 1 aromatic heterocycles. The van der Waals surface area contributed by atoms with E-state index in [9.17, 15) is 18.8 Å². The summed E-state index contributed by atoms with van der Waals surface area (Å²) in [6.45, 7) is 1.02. The Balaban J connectivity index is 1.75. The molecule has 2 amide bonds. The molecule has 9 heteroatoms. The number of rotatable bonds is 7. The SMILES string of the molecule is Cc1c(C(=O)OCC(=O)N(CCC(N)=O)c2ccc(F)cc2)oc2c(Cl)cccc12. The Labute approximate surface area is 176 Å². The molecule has 3 rings (SSSR count). The van der Waals surface area contributed by atoms with Gasteiger partial charge in [-0.2, -0.15) is 0 Å². The zero-order chi connectivity index (χ0) is 21.8. The van der Waals surface area contributed by atoms with Crippen molar-refractivity contribution in [2.45, 2.75) is 13.3 Å². The summed E-state index contributed by atoms with van der Waals surface area (Å²) in [5.41, 5.74) is 6.39. The minimum atomic E-state index is -0.831. The molecule has 0 saturated carbocycles. The Bertz CT molecular complexity index is 1110. The summed E-state index contributed by atoms with van der Waals surface area (Å²) in [6, 6.07) is 10.2. The molecule has 0 aliphatic rings. The van der Waals surface area contributed by atoms with Gasteiger partial charge in [-0.15, -0.1) is 0 Å². The van der Waals surface area contributed by atoms with Crippen molar-refractivity contribution in [3.63, 3.8) is 0 Å². The predicted molar refractivity (Wildman–Crippen MR) is 109 cm³/mol. The van der Waals surface area contributed by atoms with Crippen LogP contribution in [-0.4, -0.2) is 30.9 Å². The van der Waals surface area contributed by atoms with Gasteiger partial charge in [-0.3, -0.25) is 9.59 Å². The number of para-hydroxylation sites is 1. The fraction of sp³-hybridized carbons (Fsp3) is 0.190. The lowest BCUT2D eigenvalue weighted by Crippen LogP contribution is -2.37. The largest absolute Gasteiger partial charge is 0.450 e. The van der Waals surface area contributed by atoms with Crippen molar-refractivity contribution in [3.05, 3.63) is 64.6 Å². The maximum absolute atomic E-state index is 13.2. The first-order valence-electron chi connectivity index (χ1n) is 8.97. The first-order valence-corrected chi connectivity index (χ1v) is 9.34. The van der Waals surface area contributed by atoms with Crippen LogP contribution in [0.25, 0.3) is 11.0 Å². The Morgan fingerprint density at radius 3 is 2.50 bits per heavy atom. The zero-order valence-electron chi connectivity index (χ0n) is 16.0. The van der Waals surface area contributed by atoms with E-state index in [0.29, 0.717) is 27.2 Å². The third kappa shape index (κ3) is 4.60. The van der Waals surface area contributed by atoms with E-state index in [1.54, 1.807) is 25.1 Å². The van der Waals surface area contributed by atoms with E-state index in [1.807, 2.05) is 0 Å². The van der Waals surface area contributed by atoms with Crippen LogP contribution >= 0.6 is 11.6 Å². The fourth-order valence-corrected chi connectivity index (χ4v) is 3.13. The zero-order valence-corrected chi connectivity index (χ0v) is 16.7. The number of carbonyl (C=O) groups excluding carboxylic acids is 3. The minimum absolute atomic E-state index is 0.0450. The topological polar surface area (TPSA) is 103 Å². The summed E-state index contributed by atoms with van der Waals surface area (Å²) in [7, 11) is 0. The molecular weight excluding hydrogens is 415 g/mol. The van der Waals surface area contributed by atoms with Crippen LogP contribution in [0.5, 0.6) is 0 Å². The molecule has 0 atom stereocenters. The maximum atomic E-state index is 13.2.